The van der Waals surface area contributed by atoms with Crippen LogP contribution in [0.25, 0.3) is 0 Å². The number of amides is 2. The van der Waals surface area contributed by atoms with E-state index in [-0.39, 0.29) is 24.7 Å². The molecule has 0 aromatic carbocycles. The van der Waals surface area contributed by atoms with Crippen LogP contribution in [0, 0.1) is 5.92 Å². The van der Waals surface area contributed by atoms with Gasteiger partial charge in [-0.05, 0) is 25.4 Å². The third kappa shape index (κ3) is 4.81. The summed E-state index contributed by atoms with van der Waals surface area (Å²) < 4.78 is 0. The molecule has 0 spiro atoms. The van der Waals surface area contributed by atoms with Crippen LogP contribution in [-0.2, 0) is 14.4 Å². The molecule has 17 heavy (non-hydrogen) atoms. The summed E-state index contributed by atoms with van der Waals surface area (Å²) >= 11 is 0. The molecule has 1 rings (SSSR count). The van der Waals surface area contributed by atoms with Crippen LogP contribution in [0.2, 0.25) is 0 Å². The third-order valence-electron chi connectivity index (χ3n) is 2.68. The van der Waals surface area contributed by atoms with Gasteiger partial charge < -0.3 is 21.5 Å². The Kier molecular flexibility index (Phi) is 4.89. The van der Waals surface area contributed by atoms with Gasteiger partial charge in [0.25, 0.3) is 0 Å². The van der Waals surface area contributed by atoms with Crippen molar-refractivity contribution in [2.75, 3.05) is 13.1 Å². The predicted molar refractivity (Wildman–Crippen MR) is 59.0 cm³/mol. The van der Waals surface area contributed by atoms with Crippen molar-refractivity contribution in [3.63, 3.8) is 0 Å². The molecule has 1 unspecified atom stereocenters. The smallest absolute Gasteiger partial charge is 0.326 e. The maximum Gasteiger partial charge on any atom is 0.326 e. The van der Waals surface area contributed by atoms with E-state index < -0.39 is 17.9 Å². The molecule has 0 aliphatic carbocycles. The van der Waals surface area contributed by atoms with E-state index in [1.807, 2.05) is 0 Å². The quantitative estimate of drug-likeness (QED) is 0.449. The Balaban J connectivity index is 2.40. The van der Waals surface area contributed by atoms with Crippen LogP contribution in [-0.4, -0.2) is 42.0 Å². The molecule has 96 valence electrons. The summed E-state index contributed by atoms with van der Waals surface area (Å²) in [5.74, 6) is -2.12. The Morgan fingerprint density at radius 1 is 1.47 bits per heavy atom. The summed E-state index contributed by atoms with van der Waals surface area (Å²) in [6.07, 6.45) is 0.792. The number of nitrogens with one attached hydrogen (secondary N) is 2. The van der Waals surface area contributed by atoms with Crippen LogP contribution in [0.4, 0.5) is 0 Å². The van der Waals surface area contributed by atoms with Gasteiger partial charge in [0.1, 0.15) is 6.04 Å². The van der Waals surface area contributed by atoms with Gasteiger partial charge in [-0.1, -0.05) is 0 Å². The van der Waals surface area contributed by atoms with Crippen molar-refractivity contribution >= 4 is 17.8 Å². The Labute approximate surface area is 98.7 Å². The standard InChI is InChI=1S/C10H17N3O4/c11-8(14)4-7(10(16)17)13-9(15)3-6-1-2-12-5-6/h6-7,12H,1-5H2,(H2,11,14)(H,13,15)(H,16,17)/t6?,7-/m1/s1. The summed E-state index contributed by atoms with van der Waals surface area (Å²) in [5, 5.41) is 14.2. The molecule has 1 fully saturated rings. The number of primary amides is 1. The average molecular weight is 243 g/mol. The van der Waals surface area contributed by atoms with Gasteiger partial charge in [0, 0.05) is 6.42 Å². The van der Waals surface area contributed by atoms with Gasteiger partial charge in [-0.15, -0.1) is 0 Å². The SMILES string of the molecule is NC(=O)C[C@@H](NC(=O)CC1CCNC1)C(=O)O. The van der Waals surface area contributed by atoms with E-state index in [0.717, 1.165) is 19.5 Å². The minimum absolute atomic E-state index is 0.234. The summed E-state index contributed by atoms with van der Waals surface area (Å²) in [6, 6.07) is -1.23. The van der Waals surface area contributed by atoms with E-state index in [9.17, 15) is 14.4 Å². The second-order valence-corrected chi connectivity index (χ2v) is 4.19. The zero-order valence-corrected chi connectivity index (χ0v) is 9.44. The van der Waals surface area contributed by atoms with Crippen molar-refractivity contribution in [1.29, 1.82) is 0 Å². The first-order valence-corrected chi connectivity index (χ1v) is 5.50. The topological polar surface area (TPSA) is 122 Å². The molecule has 7 heteroatoms. The zero-order chi connectivity index (χ0) is 12.8. The van der Waals surface area contributed by atoms with Crippen molar-refractivity contribution < 1.29 is 19.5 Å². The van der Waals surface area contributed by atoms with Gasteiger partial charge in [-0.25, -0.2) is 4.79 Å². The normalized spacial score (nSPS) is 20.8. The van der Waals surface area contributed by atoms with Gasteiger partial charge >= 0.3 is 5.97 Å². The monoisotopic (exact) mass is 243 g/mol. The van der Waals surface area contributed by atoms with Crippen LogP contribution in [0.3, 0.4) is 0 Å². The highest BCUT2D eigenvalue weighted by Crippen LogP contribution is 2.11. The molecule has 0 saturated carbocycles. The van der Waals surface area contributed by atoms with Crippen LogP contribution >= 0.6 is 0 Å². The number of hydrogen-bond donors (Lipinski definition) is 4. The van der Waals surface area contributed by atoms with Crippen LogP contribution in [0.5, 0.6) is 0 Å². The Hall–Kier alpha value is -1.63. The Bertz CT molecular complexity index is 313. The number of rotatable bonds is 6. The Morgan fingerprint density at radius 3 is 2.65 bits per heavy atom. The third-order valence-corrected chi connectivity index (χ3v) is 2.68. The number of carbonyl (C=O) groups excluding carboxylic acids is 2. The fourth-order valence-corrected chi connectivity index (χ4v) is 1.81. The highest BCUT2D eigenvalue weighted by Gasteiger charge is 2.24. The second-order valence-electron chi connectivity index (χ2n) is 4.19. The lowest BCUT2D eigenvalue weighted by molar-refractivity contribution is -0.143. The van der Waals surface area contributed by atoms with E-state index in [0.29, 0.717) is 0 Å². The molecule has 7 nitrogen and oxygen atoms in total. The number of carbonyl (C=O) groups is 3. The molecule has 2 atom stereocenters. The number of hydrogen-bond acceptors (Lipinski definition) is 4. The predicted octanol–water partition coefficient (Wildman–Crippen LogP) is -1.57. The summed E-state index contributed by atoms with van der Waals surface area (Å²) in [6.45, 7) is 1.64. The first-order valence-electron chi connectivity index (χ1n) is 5.50. The summed E-state index contributed by atoms with van der Waals surface area (Å²) in [5.41, 5.74) is 4.91. The van der Waals surface area contributed by atoms with Crippen LogP contribution in [0.1, 0.15) is 19.3 Å². The van der Waals surface area contributed by atoms with Crippen molar-refractivity contribution in [3.05, 3.63) is 0 Å². The summed E-state index contributed by atoms with van der Waals surface area (Å²) in [4.78, 5) is 33.0. The molecule has 1 aliphatic heterocycles. The van der Waals surface area contributed by atoms with Gasteiger partial charge in [-0.2, -0.15) is 0 Å². The maximum atomic E-state index is 11.5. The van der Waals surface area contributed by atoms with Gasteiger partial charge in [0.05, 0.1) is 6.42 Å². The molecule has 0 aromatic rings. The fourth-order valence-electron chi connectivity index (χ4n) is 1.81. The van der Waals surface area contributed by atoms with Crippen molar-refractivity contribution in [2.24, 2.45) is 11.7 Å². The lowest BCUT2D eigenvalue weighted by atomic mass is 10.0. The lowest BCUT2D eigenvalue weighted by Gasteiger charge is -2.14. The highest BCUT2D eigenvalue weighted by molar-refractivity contribution is 5.88. The molecule has 0 radical (unpaired) electrons. The summed E-state index contributed by atoms with van der Waals surface area (Å²) in [7, 11) is 0. The molecular formula is C10H17N3O4. The lowest BCUT2D eigenvalue weighted by Crippen LogP contribution is -2.43. The minimum atomic E-state index is -1.25. The largest absolute Gasteiger partial charge is 0.480 e. The number of nitrogens with two attached hydrogens (primary N) is 1. The highest BCUT2D eigenvalue weighted by atomic mass is 16.4. The van der Waals surface area contributed by atoms with Gasteiger partial charge in [-0.3, -0.25) is 9.59 Å². The molecule has 1 heterocycles. The average Bonchev–Trinajstić information content (AvgIpc) is 2.68. The van der Waals surface area contributed by atoms with E-state index >= 15 is 0 Å². The van der Waals surface area contributed by atoms with Crippen molar-refractivity contribution in [3.8, 4) is 0 Å². The number of carboxylic acids is 1. The first-order chi connectivity index (χ1) is 7.99. The zero-order valence-electron chi connectivity index (χ0n) is 9.44. The fraction of sp³-hybridized carbons (Fsp3) is 0.700. The van der Waals surface area contributed by atoms with E-state index in [1.165, 1.54) is 0 Å². The minimum Gasteiger partial charge on any atom is -0.480 e. The van der Waals surface area contributed by atoms with Crippen LogP contribution in [0.15, 0.2) is 0 Å². The number of carboxylic acid groups (broad SMARTS) is 1. The molecule has 2 amide bonds. The van der Waals surface area contributed by atoms with Gasteiger partial charge in [0.15, 0.2) is 0 Å². The maximum absolute atomic E-state index is 11.5. The molecule has 0 bridgehead atoms. The molecule has 5 N–H and O–H groups in total. The van der Waals surface area contributed by atoms with Crippen molar-refractivity contribution in [1.82, 2.24) is 10.6 Å². The van der Waals surface area contributed by atoms with Crippen molar-refractivity contribution in [2.45, 2.75) is 25.3 Å². The van der Waals surface area contributed by atoms with E-state index in [1.54, 1.807) is 0 Å². The first kappa shape index (κ1) is 13.4. The number of aliphatic carboxylic acids is 1. The Morgan fingerprint density at radius 2 is 2.18 bits per heavy atom. The van der Waals surface area contributed by atoms with E-state index in [4.69, 9.17) is 10.8 Å². The molecule has 1 saturated heterocycles. The molecular weight excluding hydrogens is 226 g/mol. The van der Waals surface area contributed by atoms with Crippen LogP contribution < -0.4 is 16.4 Å². The molecule has 1 aliphatic rings. The van der Waals surface area contributed by atoms with E-state index in [2.05, 4.69) is 10.6 Å². The molecule has 0 aromatic heterocycles. The second kappa shape index (κ2) is 6.19. The van der Waals surface area contributed by atoms with Gasteiger partial charge in [0.2, 0.25) is 11.8 Å².